The van der Waals surface area contributed by atoms with E-state index in [4.69, 9.17) is 9.47 Å². The Kier molecular flexibility index (Phi) is 4.41. The second-order valence-corrected chi connectivity index (χ2v) is 4.73. The molecule has 0 saturated heterocycles. The number of esters is 1. The first-order chi connectivity index (χ1) is 10.4. The maximum atomic E-state index is 12.2. The number of carbonyl (C=O) groups excluding carboxylic acids is 1. The molecule has 6 heteroatoms. The van der Waals surface area contributed by atoms with Crippen molar-refractivity contribution in [3.63, 3.8) is 0 Å². The Balaban J connectivity index is 2.36. The van der Waals surface area contributed by atoms with Gasteiger partial charge in [0.15, 0.2) is 0 Å². The molecule has 0 spiro atoms. The first-order valence-corrected chi connectivity index (χ1v) is 6.55. The van der Waals surface area contributed by atoms with Crippen molar-refractivity contribution in [2.24, 2.45) is 0 Å². The Labute approximate surface area is 127 Å². The van der Waals surface area contributed by atoms with Crippen LogP contribution in [0.25, 0.3) is 0 Å². The van der Waals surface area contributed by atoms with Gasteiger partial charge in [0.2, 0.25) is 5.75 Å². The predicted octanol–water partition coefficient (Wildman–Crippen LogP) is 3.44. The van der Waals surface area contributed by atoms with Crippen LogP contribution in [0, 0.1) is 24.0 Å². The van der Waals surface area contributed by atoms with Crippen LogP contribution in [0.15, 0.2) is 36.4 Å². The third-order valence-electron chi connectivity index (χ3n) is 3.39. The molecule has 0 aliphatic heterocycles. The summed E-state index contributed by atoms with van der Waals surface area (Å²) >= 11 is 0. The van der Waals surface area contributed by atoms with Gasteiger partial charge in [-0.1, -0.05) is 12.1 Å². The molecule has 0 N–H and O–H groups in total. The Morgan fingerprint density at radius 2 is 1.91 bits per heavy atom. The first-order valence-electron chi connectivity index (χ1n) is 6.55. The SMILES string of the molecule is COc1ccc(OC(=O)c2cccc(C)c2C)c([N+](=O)[O-])c1. The number of hydrogen-bond donors (Lipinski definition) is 0. The molecule has 2 aromatic rings. The van der Waals surface area contributed by atoms with Crippen molar-refractivity contribution in [1.29, 1.82) is 0 Å². The fraction of sp³-hybridized carbons (Fsp3) is 0.188. The molecule has 0 bridgehead atoms. The number of methoxy groups -OCH3 is 1. The van der Waals surface area contributed by atoms with E-state index in [0.717, 1.165) is 11.1 Å². The molecule has 2 aromatic carbocycles. The number of ether oxygens (including phenoxy) is 2. The van der Waals surface area contributed by atoms with Gasteiger partial charge in [0, 0.05) is 0 Å². The minimum Gasteiger partial charge on any atom is -0.496 e. The minimum atomic E-state index is -0.630. The molecule has 0 aromatic heterocycles. The van der Waals surface area contributed by atoms with E-state index < -0.39 is 10.9 Å². The lowest BCUT2D eigenvalue weighted by atomic mass is 10.0. The summed E-state index contributed by atoms with van der Waals surface area (Å²) in [7, 11) is 1.40. The lowest BCUT2D eigenvalue weighted by Crippen LogP contribution is -2.12. The zero-order valence-corrected chi connectivity index (χ0v) is 12.5. The summed E-state index contributed by atoms with van der Waals surface area (Å²) in [4.78, 5) is 22.7. The Morgan fingerprint density at radius 3 is 2.55 bits per heavy atom. The van der Waals surface area contributed by atoms with E-state index in [1.807, 2.05) is 13.0 Å². The second-order valence-electron chi connectivity index (χ2n) is 4.73. The molecule has 2 rings (SSSR count). The van der Waals surface area contributed by atoms with Gasteiger partial charge in [-0.15, -0.1) is 0 Å². The van der Waals surface area contributed by atoms with Gasteiger partial charge in [-0.25, -0.2) is 4.79 Å². The van der Waals surface area contributed by atoms with Gasteiger partial charge in [-0.2, -0.15) is 0 Å². The summed E-state index contributed by atoms with van der Waals surface area (Å²) in [5.74, 6) is -0.426. The van der Waals surface area contributed by atoms with Crippen LogP contribution in [0.4, 0.5) is 5.69 Å². The quantitative estimate of drug-likeness (QED) is 0.374. The van der Waals surface area contributed by atoms with E-state index >= 15 is 0 Å². The van der Waals surface area contributed by atoms with E-state index in [1.54, 1.807) is 19.1 Å². The lowest BCUT2D eigenvalue weighted by molar-refractivity contribution is -0.385. The largest absolute Gasteiger partial charge is 0.496 e. The maximum absolute atomic E-state index is 12.2. The van der Waals surface area contributed by atoms with Gasteiger partial charge in [0.1, 0.15) is 5.75 Å². The van der Waals surface area contributed by atoms with Crippen molar-refractivity contribution < 1.29 is 19.2 Å². The van der Waals surface area contributed by atoms with Crippen LogP contribution < -0.4 is 9.47 Å². The van der Waals surface area contributed by atoms with Crippen LogP contribution in [0.5, 0.6) is 11.5 Å². The number of hydrogen-bond acceptors (Lipinski definition) is 5. The van der Waals surface area contributed by atoms with Crippen molar-refractivity contribution in [3.05, 3.63) is 63.2 Å². The fourth-order valence-electron chi connectivity index (χ4n) is 1.98. The summed E-state index contributed by atoms with van der Waals surface area (Å²) in [6.07, 6.45) is 0. The van der Waals surface area contributed by atoms with Crippen molar-refractivity contribution in [1.82, 2.24) is 0 Å². The zero-order chi connectivity index (χ0) is 16.3. The van der Waals surface area contributed by atoms with Crippen LogP contribution in [-0.4, -0.2) is 18.0 Å². The Hall–Kier alpha value is -2.89. The Morgan fingerprint density at radius 1 is 1.18 bits per heavy atom. The molecule has 0 aliphatic rings. The third kappa shape index (κ3) is 3.06. The highest BCUT2D eigenvalue weighted by atomic mass is 16.6. The van der Waals surface area contributed by atoms with E-state index in [9.17, 15) is 14.9 Å². The van der Waals surface area contributed by atoms with E-state index in [2.05, 4.69) is 0 Å². The molecule has 0 fully saturated rings. The van der Waals surface area contributed by atoms with Crippen molar-refractivity contribution in [2.45, 2.75) is 13.8 Å². The number of benzene rings is 2. The zero-order valence-electron chi connectivity index (χ0n) is 12.5. The summed E-state index contributed by atoms with van der Waals surface area (Å²) in [6, 6.07) is 9.30. The lowest BCUT2D eigenvalue weighted by Gasteiger charge is -2.09. The summed E-state index contributed by atoms with van der Waals surface area (Å²) in [5.41, 5.74) is 1.78. The predicted molar refractivity (Wildman–Crippen MR) is 80.5 cm³/mol. The maximum Gasteiger partial charge on any atom is 0.344 e. The number of nitrogens with zero attached hydrogens (tertiary/aromatic N) is 1. The highest BCUT2D eigenvalue weighted by Crippen LogP contribution is 2.31. The smallest absolute Gasteiger partial charge is 0.344 e. The standard InChI is InChI=1S/C16H15NO5/c1-10-5-4-6-13(11(10)2)16(18)22-15-8-7-12(21-3)9-14(15)17(19)20/h4-9H,1-3H3. The monoisotopic (exact) mass is 301 g/mol. The van der Waals surface area contributed by atoms with Crippen LogP contribution in [0.1, 0.15) is 21.5 Å². The van der Waals surface area contributed by atoms with E-state index in [-0.39, 0.29) is 11.4 Å². The second kappa shape index (κ2) is 6.26. The molecule has 114 valence electrons. The van der Waals surface area contributed by atoms with E-state index in [0.29, 0.717) is 11.3 Å². The number of nitro groups is 1. The van der Waals surface area contributed by atoms with Crippen LogP contribution in [0.2, 0.25) is 0 Å². The molecule has 0 radical (unpaired) electrons. The average molecular weight is 301 g/mol. The topological polar surface area (TPSA) is 78.7 Å². The molecule has 0 saturated carbocycles. The number of aryl methyl sites for hydroxylation is 1. The van der Waals surface area contributed by atoms with Gasteiger partial charge < -0.3 is 9.47 Å². The summed E-state index contributed by atoms with van der Waals surface area (Å²) in [5, 5.41) is 11.1. The summed E-state index contributed by atoms with van der Waals surface area (Å²) < 4.78 is 10.1. The van der Waals surface area contributed by atoms with Gasteiger partial charge in [0.05, 0.1) is 23.7 Å². The van der Waals surface area contributed by atoms with Crippen LogP contribution in [0.3, 0.4) is 0 Å². The van der Waals surface area contributed by atoms with Gasteiger partial charge in [0.25, 0.3) is 0 Å². The number of carbonyl (C=O) groups is 1. The van der Waals surface area contributed by atoms with Crippen molar-refractivity contribution in [2.75, 3.05) is 7.11 Å². The highest BCUT2D eigenvalue weighted by molar-refractivity contribution is 5.93. The van der Waals surface area contributed by atoms with Crippen LogP contribution in [-0.2, 0) is 0 Å². The molecule has 6 nitrogen and oxygen atoms in total. The fourth-order valence-corrected chi connectivity index (χ4v) is 1.98. The number of nitro benzene ring substituents is 1. The average Bonchev–Trinajstić information content (AvgIpc) is 2.50. The molecule has 0 atom stereocenters. The minimum absolute atomic E-state index is 0.114. The molecular formula is C16H15NO5. The molecule has 0 unspecified atom stereocenters. The molecule has 0 heterocycles. The molecule has 0 amide bonds. The van der Waals surface area contributed by atoms with E-state index in [1.165, 1.54) is 25.3 Å². The normalized spacial score (nSPS) is 10.1. The summed E-state index contributed by atoms with van der Waals surface area (Å²) in [6.45, 7) is 3.68. The van der Waals surface area contributed by atoms with Gasteiger partial charge in [-0.3, -0.25) is 10.1 Å². The highest BCUT2D eigenvalue weighted by Gasteiger charge is 2.21. The Bertz CT molecular complexity index is 739. The van der Waals surface area contributed by atoms with Crippen molar-refractivity contribution in [3.8, 4) is 11.5 Å². The van der Waals surface area contributed by atoms with Crippen molar-refractivity contribution >= 4 is 11.7 Å². The number of rotatable bonds is 4. The molecular weight excluding hydrogens is 286 g/mol. The van der Waals surface area contributed by atoms with Gasteiger partial charge >= 0.3 is 11.7 Å². The van der Waals surface area contributed by atoms with Crippen LogP contribution >= 0.6 is 0 Å². The van der Waals surface area contributed by atoms with Gasteiger partial charge in [-0.05, 0) is 43.2 Å². The molecule has 22 heavy (non-hydrogen) atoms. The third-order valence-corrected chi connectivity index (χ3v) is 3.39. The molecule has 0 aliphatic carbocycles. The first kappa shape index (κ1) is 15.5.